The minimum absolute atomic E-state index is 0.145. The van der Waals surface area contributed by atoms with Gasteiger partial charge in [-0.05, 0) is 6.07 Å². The Kier molecular flexibility index (Phi) is 2.33. The smallest absolute Gasteiger partial charge is 0.271 e. The van der Waals surface area contributed by atoms with Crippen LogP contribution in [0.4, 0.5) is 11.4 Å². The van der Waals surface area contributed by atoms with Crippen LogP contribution in [0.3, 0.4) is 0 Å². The van der Waals surface area contributed by atoms with E-state index >= 15 is 0 Å². The number of nitro benzene ring substituents is 1. The summed E-state index contributed by atoms with van der Waals surface area (Å²) in [6.07, 6.45) is 0. The van der Waals surface area contributed by atoms with E-state index < -0.39 is 0 Å². The molecule has 5 heteroatoms. The molecule has 1 aliphatic rings. The number of non-ortho nitro benzene ring substituents is 1. The van der Waals surface area contributed by atoms with E-state index in [0.717, 1.165) is 17.1 Å². The molecule has 1 aromatic rings. The molecule has 0 saturated heterocycles. The lowest BCUT2D eigenvalue weighted by molar-refractivity contribution is -0.384. The van der Waals surface area contributed by atoms with Gasteiger partial charge in [0.2, 0.25) is 0 Å². The fourth-order valence-electron chi connectivity index (χ4n) is 1.38. The van der Waals surface area contributed by atoms with Gasteiger partial charge in [0, 0.05) is 28.8 Å². The number of nitrogens with zero attached hydrogens (tertiary/aromatic N) is 1. The van der Waals surface area contributed by atoms with Gasteiger partial charge in [0.1, 0.15) is 0 Å². The molecule has 0 radical (unpaired) electrons. The maximum Gasteiger partial charge on any atom is 0.271 e. The Hall–Kier alpha value is -1.23. The van der Waals surface area contributed by atoms with Crippen LogP contribution in [-0.4, -0.2) is 16.7 Å². The van der Waals surface area contributed by atoms with Gasteiger partial charge in [-0.3, -0.25) is 10.1 Å². The zero-order chi connectivity index (χ0) is 10.1. The summed E-state index contributed by atoms with van der Waals surface area (Å²) in [5, 5.41) is 14.2. The van der Waals surface area contributed by atoms with Crippen molar-refractivity contribution in [3.8, 4) is 0 Å². The Bertz CT molecular complexity index is 381. The molecule has 1 atom stereocenters. The highest BCUT2D eigenvalue weighted by atomic mass is 32.2. The molecule has 0 aliphatic carbocycles. The summed E-state index contributed by atoms with van der Waals surface area (Å²) in [7, 11) is 0. The number of fused-ring (bicyclic) bond motifs is 1. The molecule has 1 unspecified atom stereocenters. The van der Waals surface area contributed by atoms with Gasteiger partial charge in [0.05, 0.1) is 10.6 Å². The Balaban J connectivity index is 2.36. The number of thioether (sulfide) groups is 1. The van der Waals surface area contributed by atoms with E-state index in [4.69, 9.17) is 0 Å². The van der Waals surface area contributed by atoms with Crippen LogP contribution in [-0.2, 0) is 0 Å². The monoisotopic (exact) mass is 210 g/mol. The Labute approximate surface area is 85.8 Å². The summed E-state index contributed by atoms with van der Waals surface area (Å²) in [6, 6.07) is 4.94. The fraction of sp³-hybridized carbons (Fsp3) is 0.333. The molecule has 0 amide bonds. The molecule has 0 fully saturated rings. The van der Waals surface area contributed by atoms with Gasteiger partial charge < -0.3 is 5.32 Å². The average Bonchev–Trinajstić information content (AvgIpc) is 2.16. The number of nitrogens with one attached hydrogen (secondary N) is 1. The topological polar surface area (TPSA) is 55.2 Å². The van der Waals surface area contributed by atoms with Crippen molar-refractivity contribution >= 4 is 23.1 Å². The summed E-state index contributed by atoms with van der Waals surface area (Å²) in [4.78, 5) is 11.2. The van der Waals surface area contributed by atoms with E-state index in [0.29, 0.717) is 5.25 Å². The first kappa shape index (κ1) is 9.33. The van der Waals surface area contributed by atoms with Gasteiger partial charge in [-0.2, -0.15) is 0 Å². The predicted molar refractivity (Wildman–Crippen MR) is 56.9 cm³/mol. The van der Waals surface area contributed by atoms with Crippen LogP contribution in [0.2, 0.25) is 0 Å². The van der Waals surface area contributed by atoms with Crippen LogP contribution in [0.25, 0.3) is 0 Å². The molecule has 14 heavy (non-hydrogen) atoms. The first-order chi connectivity index (χ1) is 6.66. The first-order valence-electron chi connectivity index (χ1n) is 4.36. The van der Waals surface area contributed by atoms with Gasteiger partial charge >= 0.3 is 0 Å². The van der Waals surface area contributed by atoms with Gasteiger partial charge in [0.15, 0.2) is 0 Å². The molecule has 0 bridgehead atoms. The molecule has 0 saturated carbocycles. The van der Waals surface area contributed by atoms with Gasteiger partial charge in [-0.15, -0.1) is 11.8 Å². The van der Waals surface area contributed by atoms with Gasteiger partial charge in [0.25, 0.3) is 5.69 Å². The van der Waals surface area contributed by atoms with Crippen LogP contribution >= 0.6 is 11.8 Å². The second kappa shape index (κ2) is 3.49. The Morgan fingerprint density at radius 2 is 2.43 bits per heavy atom. The first-order valence-corrected chi connectivity index (χ1v) is 5.24. The van der Waals surface area contributed by atoms with E-state index in [9.17, 15) is 10.1 Å². The maximum absolute atomic E-state index is 10.5. The van der Waals surface area contributed by atoms with E-state index in [-0.39, 0.29) is 10.6 Å². The van der Waals surface area contributed by atoms with Crippen molar-refractivity contribution in [2.75, 3.05) is 11.9 Å². The summed E-state index contributed by atoms with van der Waals surface area (Å²) in [6.45, 7) is 2.99. The quantitative estimate of drug-likeness (QED) is 0.571. The van der Waals surface area contributed by atoms with Crippen LogP contribution in [0.5, 0.6) is 0 Å². The number of anilines is 1. The van der Waals surface area contributed by atoms with E-state index in [2.05, 4.69) is 12.2 Å². The number of rotatable bonds is 1. The highest BCUT2D eigenvalue weighted by molar-refractivity contribution is 8.00. The van der Waals surface area contributed by atoms with Crippen molar-refractivity contribution in [3.63, 3.8) is 0 Å². The highest BCUT2D eigenvalue weighted by Gasteiger charge is 2.17. The van der Waals surface area contributed by atoms with Crippen molar-refractivity contribution in [1.82, 2.24) is 0 Å². The van der Waals surface area contributed by atoms with E-state index in [1.165, 1.54) is 0 Å². The second-order valence-corrected chi connectivity index (χ2v) is 4.73. The Morgan fingerprint density at radius 3 is 3.14 bits per heavy atom. The van der Waals surface area contributed by atoms with Crippen LogP contribution in [0, 0.1) is 10.1 Å². The zero-order valence-corrected chi connectivity index (χ0v) is 8.50. The molecule has 1 N–H and O–H groups in total. The predicted octanol–water partition coefficient (Wildman–Crippen LogP) is 2.50. The number of benzene rings is 1. The standard InChI is InChI=1S/C9H10N2O2S/c1-6-5-10-8-4-7(11(12)13)2-3-9(8)14-6/h2-4,6,10H,5H2,1H3. The lowest BCUT2D eigenvalue weighted by Crippen LogP contribution is -2.18. The third-order valence-electron chi connectivity index (χ3n) is 2.08. The van der Waals surface area contributed by atoms with Gasteiger partial charge in [-0.25, -0.2) is 0 Å². The molecule has 2 rings (SSSR count). The molecule has 1 heterocycles. The summed E-state index contributed by atoms with van der Waals surface area (Å²) < 4.78 is 0. The molecule has 1 aliphatic heterocycles. The minimum atomic E-state index is -0.370. The summed E-state index contributed by atoms with van der Waals surface area (Å²) >= 11 is 1.75. The van der Waals surface area contributed by atoms with Crippen molar-refractivity contribution < 1.29 is 4.92 Å². The van der Waals surface area contributed by atoms with Crippen molar-refractivity contribution in [2.45, 2.75) is 17.1 Å². The van der Waals surface area contributed by atoms with E-state index in [1.54, 1.807) is 30.0 Å². The second-order valence-electron chi connectivity index (χ2n) is 3.25. The molecule has 0 spiro atoms. The molecular weight excluding hydrogens is 200 g/mol. The third-order valence-corrected chi connectivity index (χ3v) is 3.26. The zero-order valence-electron chi connectivity index (χ0n) is 7.69. The third kappa shape index (κ3) is 1.68. The van der Waals surface area contributed by atoms with E-state index in [1.807, 2.05) is 0 Å². The molecule has 4 nitrogen and oxygen atoms in total. The fourth-order valence-corrected chi connectivity index (χ4v) is 2.39. The normalized spacial score (nSPS) is 19.6. The van der Waals surface area contributed by atoms with Crippen molar-refractivity contribution in [2.24, 2.45) is 0 Å². The van der Waals surface area contributed by atoms with Crippen LogP contribution < -0.4 is 5.32 Å². The van der Waals surface area contributed by atoms with Crippen molar-refractivity contribution in [1.29, 1.82) is 0 Å². The molecule has 74 valence electrons. The lowest BCUT2D eigenvalue weighted by atomic mass is 10.2. The summed E-state index contributed by atoms with van der Waals surface area (Å²) in [5.74, 6) is 0. The SMILES string of the molecule is CC1CNc2cc([N+](=O)[O-])ccc2S1. The number of nitro groups is 1. The highest BCUT2D eigenvalue weighted by Crippen LogP contribution is 2.36. The maximum atomic E-state index is 10.5. The molecular formula is C9H10N2O2S. The largest absolute Gasteiger partial charge is 0.383 e. The lowest BCUT2D eigenvalue weighted by Gasteiger charge is -2.22. The van der Waals surface area contributed by atoms with Gasteiger partial charge in [-0.1, -0.05) is 6.92 Å². The molecule has 1 aromatic carbocycles. The summed E-state index contributed by atoms with van der Waals surface area (Å²) in [5.41, 5.74) is 1.02. The molecule has 0 aromatic heterocycles. The minimum Gasteiger partial charge on any atom is -0.383 e. The number of hydrogen-bond acceptors (Lipinski definition) is 4. The van der Waals surface area contributed by atoms with Crippen molar-refractivity contribution in [3.05, 3.63) is 28.3 Å². The Morgan fingerprint density at radius 1 is 1.64 bits per heavy atom. The number of hydrogen-bond donors (Lipinski definition) is 1. The van der Waals surface area contributed by atoms with Crippen LogP contribution in [0.15, 0.2) is 23.1 Å². The van der Waals surface area contributed by atoms with Crippen LogP contribution in [0.1, 0.15) is 6.92 Å². The average molecular weight is 210 g/mol.